The molecule has 0 saturated carbocycles. The molecule has 1 aliphatic rings. The number of anilines is 1. The van der Waals surface area contributed by atoms with Gasteiger partial charge in [0, 0.05) is 0 Å². The first-order valence-corrected chi connectivity index (χ1v) is 7.72. The van der Waals surface area contributed by atoms with Crippen molar-refractivity contribution in [3.8, 4) is 0 Å². The Morgan fingerprint density at radius 1 is 1.22 bits per heavy atom. The normalized spacial score (nSPS) is 19.0. The molecule has 0 unspecified atom stereocenters. The summed E-state index contributed by atoms with van der Waals surface area (Å²) in [5.41, 5.74) is 1.24. The van der Waals surface area contributed by atoms with E-state index in [4.69, 9.17) is 4.74 Å². The number of cyclic esters (lactones) is 1. The summed E-state index contributed by atoms with van der Waals surface area (Å²) in [4.78, 5) is 15.8. The Bertz CT molecular complexity index is 524. The second-order valence-electron chi connectivity index (χ2n) is 4.24. The minimum absolute atomic E-state index is 0.132. The summed E-state index contributed by atoms with van der Waals surface area (Å²) in [6, 6.07) is 14.4. The summed E-state index contributed by atoms with van der Waals surface area (Å²) in [5.74, 6) is 0. The Morgan fingerprint density at radius 2 is 2.06 bits per heavy atom. The number of hydrogen-bond acceptors (Lipinski definition) is 2. The van der Waals surface area contributed by atoms with Crippen LogP contribution in [0, 0.1) is 0 Å². The zero-order valence-electron chi connectivity index (χ0n) is 9.78. The molecule has 1 aliphatic heterocycles. The molecule has 0 spiro atoms. The monoisotopic (exact) mass is 307 g/mol. The van der Waals surface area contributed by atoms with E-state index in [-0.39, 0.29) is 26.6 Å². The molecule has 0 radical (unpaired) electrons. The first-order chi connectivity index (χ1) is 8.84. The fourth-order valence-electron chi connectivity index (χ4n) is 2.17. The van der Waals surface area contributed by atoms with Crippen LogP contribution in [0.25, 0.3) is 0 Å². The number of ether oxygens (including phenoxy) is 1. The van der Waals surface area contributed by atoms with Crippen molar-refractivity contribution in [3.63, 3.8) is 0 Å². The van der Waals surface area contributed by atoms with E-state index in [9.17, 15) is 4.79 Å². The second kappa shape index (κ2) is 5.01. The van der Waals surface area contributed by atoms with E-state index in [1.54, 1.807) is 0 Å². The molecule has 1 atom stereocenters. The number of amides is 1. The summed E-state index contributed by atoms with van der Waals surface area (Å²) in [5, 5.41) is 0. The zero-order valence-corrected chi connectivity index (χ0v) is 11.5. The van der Waals surface area contributed by atoms with E-state index >= 15 is 0 Å². The Morgan fingerprint density at radius 3 is 2.78 bits per heavy atom. The first-order valence-electron chi connectivity index (χ1n) is 5.88. The Kier molecular flexibility index (Phi) is 3.22. The van der Waals surface area contributed by atoms with Crippen LogP contribution in [0.15, 0.2) is 47.4 Å². The molecule has 2 aromatic rings. The van der Waals surface area contributed by atoms with Crippen LogP contribution in [0.3, 0.4) is 0 Å². The minimum atomic E-state index is -0.201. The first kappa shape index (κ1) is 11.6. The van der Waals surface area contributed by atoms with Crippen molar-refractivity contribution in [1.82, 2.24) is 0 Å². The van der Waals surface area contributed by atoms with Crippen LogP contribution in [0.5, 0.6) is 0 Å². The number of hydrogen-bond donors (Lipinski definition) is 0. The summed E-state index contributed by atoms with van der Waals surface area (Å²) in [6.45, 7) is 0.487. The van der Waals surface area contributed by atoms with Gasteiger partial charge in [0.1, 0.15) is 0 Å². The van der Waals surface area contributed by atoms with Crippen LogP contribution in [-0.2, 0) is 11.2 Å². The van der Waals surface area contributed by atoms with Gasteiger partial charge in [0.05, 0.1) is 0 Å². The summed E-state index contributed by atoms with van der Waals surface area (Å²) in [6.07, 6.45) is 0.646. The van der Waals surface area contributed by atoms with Crippen molar-refractivity contribution in [1.29, 1.82) is 0 Å². The SMILES string of the molecule is O=C1OC[C@H](Cc2ccccc2)N1c1ccc[se]1. The molecular weight excluding hydrogens is 293 g/mol. The maximum atomic E-state index is 11.8. The van der Waals surface area contributed by atoms with Gasteiger partial charge in [0.2, 0.25) is 0 Å². The van der Waals surface area contributed by atoms with Crippen LogP contribution < -0.4 is 4.90 Å². The van der Waals surface area contributed by atoms with Crippen LogP contribution in [0.2, 0.25) is 0 Å². The zero-order chi connectivity index (χ0) is 12.4. The predicted octanol–water partition coefficient (Wildman–Crippen LogP) is 2.31. The van der Waals surface area contributed by atoms with Crippen molar-refractivity contribution >= 4 is 25.2 Å². The van der Waals surface area contributed by atoms with Gasteiger partial charge in [-0.05, 0) is 0 Å². The number of nitrogens with zero attached hydrogens (tertiary/aromatic N) is 1. The van der Waals surface area contributed by atoms with Crippen molar-refractivity contribution < 1.29 is 9.53 Å². The molecule has 18 heavy (non-hydrogen) atoms. The fourth-order valence-corrected chi connectivity index (χ4v) is 3.83. The predicted molar refractivity (Wildman–Crippen MR) is 71.1 cm³/mol. The topological polar surface area (TPSA) is 29.5 Å². The average molecular weight is 306 g/mol. The van der Waals surface area contributed by atoms with Crippen molar-refractivity contribution in [3.05, 3.63) is 53.0 Å². The van der Waals surface area contributed by atoms with E-state index in [2.05, 4.69) is 17.1 Å². The molecule has 3 nitrogen and oxygen atoms in total. The summed E-state index contributed by atoms with van der Waals surface area (Å²) >= 11 is 0.262. The van der Waals surface area contributed by atoms with Crippen LogP contribution >= 0.6 is 0 Å². The third-order valence-electron chi connectivity index (χ3n) is 3.02. The van der Waals surface area contributed by atoms with Gasteiger partial charge < -0.3 is 0 Å². The van der Waals surface area contributed by atoms with Crippen LogP contribution in [0.4, 0.5) is 9.36 Å². The van der Waals surface area contributed by atoms with Crippen molar-refractivity contribution in [2.24, 2.45) is 0 Å². The molecular formula is C14H13NO2Se. The molecule has 1 saturated heterocycles. The van der Waals surface area contributed by atoms with Crippen molar-refractivity contribution in [2.45, 2.75) is 12.5 Å². The van der Waals surface area contributed by atoms with Gasteiger partial charge >= 0.3 is 112 Å². The standard InChI is InChI=1S/C14H13NO2Se/c16-14-15(13-7-4-8-18-13)12(10-17-14)9-11-5-2-1-3-6-11/h1-8,12H,9-10H2/t12-/m0/s1. The van der Waals surface area contributed by atoms with Crippen LogP contribution in [-0.4, -0.2) is 33.2 Å². The van der Waals surface area contributed by atoms with Gasteiger partial charge in [-0.25, -0.2) is 0 Å². The molecule has 1 amide bonds. The van der Waals surface area contributed by atoms with E-state index in [0.29, 0.717) is 6.61 Å². The molecule has 0 aliphatic carbocycles. The fraction of sp³-hybridized carbons (Fsp3) is 0.214. The molecule has 2 heterocycles. The van der Waals surface area contributed by atoms with E-state index in [1.807, 2.05) is 35.2 Å². The van der Waals surface area contributed by atoms with Gasteiger partial charge in [0.15, 0.2) is 0 Å². The Hall–Kier alpha value is -1.51. The van der Waals surface area contributed by atoms with Crippen molar-refractivity contribution in [2.75, 3.05) is 11.5 Å². The van der Waals surface area contributed by atoms with Gasteiger partial charge in [-0.3, -0.25) is 0 Å². The van der Waals surface area contributed by atoms with Gasteiger partial charge in [0.25, 0.3) is 0 Å². The van der Waals surface area contributed by atoms with Gasteiger partial charge in [-0.1, -0.05) is 0 Å². The second-order valence-corrected chi connectivity index (χ2v) is 6.18. The molecule has 0 N–H and O–H groups in total. The Labute approximate surface area is 112 Å². The van der Waals surface area contributed by atoms with Gasteiger partial charge in [-0.2, -0.15) is 0 Å². The molecule has 4 heteroatoms. The van der Waals surface area contributed by atoms with E-state index in [0.717, 1.165) is 11.0 Å². The molecule has 1 aromatic heterocycles. The molecule has 3 rings (SSSR count). The van der Waals surface area contributed by atoms with Gasteiger partial charge in [-0.15, -0.1) is 0 Å². The maximum absolute atomic E-state index is 11.8. The number of carbonyl (C=O) groups is 1. The quantitative estimate of drug-likeness (QED) is 0.815. The molecule has 0 bridgehead atoms. The number of carbonyl (C=O) groups excluding carboxylic acids is 1. The number of benzene rings is 1. The Balaban J connectivity index is 1.81. The molecule has 92 valence electrons. The molecule has 1 aromatic carbocycles. The van der Waals surface area contributed by atoms with E-state index in [1.165, 1.54) is 5.56 Å². The van der Waals surface area contributed by atoms with E-state index < -0.39 is 0 Å². The average Bonchev–Trinajstić information content (AvgIpc) is 3.01. The summed E-state index contributed by atoms with van der Waals surface area (Å²) < 4.78 is 6.29. The van der Waals surface area contributed by atoms with Crippen LogP contribution in [0.1, 0.15) is 5.56 Å². The third-order valence-corrected chi connectivity index (χ3v) is 4.84. The number of rotatable bonds is 3. The third kappa shape index (κ3) is 2.22. The molecule has 1 fully saturated rings. The summed E-state index contributed by atoms with van der Waals surface area (Å²) in [7, 11) is 0.